The summed E-state index contributed by atoms with van der Waals surface area (Å²) in [7, 11) is 0. The van der Waals surface area contributed by atoms with Crippen molar-refractivity contribution in [1.29, 1.82) is 0 Å². The maximum Gasteiger partial charge on any atom is 0.255 e. The molecule has 2 N–H and O–H groups in total. The van der Waals surface area contributed by atoms with E-state index >= 15 is 0 Å². The number of amides is 1. The average Bonchev–Trinajstić information content (AvgIpc) is 3.11. The summed E-state index contributed by atoms with van der Waals surface area (Å²) in [6, 6.07) is 14.5. The van der Waals surface area contributed by atoms with Gasteiger partial charge in [-0.1, -0.05) is 52.6 Å². The van der Waals surface area contributed by atoms with Crippen molar-refractivity contribution < 1.29 is 4.79 Å². The van der Waals surface area contributed by atoms with Crippen molar-refractivity contribution in [3.63, 3.8) is 0 Å². The first kappa shape index (κ1) is 17.2. The first-order valence-corrected chi connectivity index (χ1v) is 8.80. The summed E-state index contributed by atoms with van der Waals surface area (Å²) in [5.41, 5.74) is 3.76. The standard InChI is InChI=1S/C19H17ClN6O/c1-11-7-9-13(10-8-11)22-18(27)16-12(2)21-19-23-24-25-26(19)17(16)14-5-3-4-6-15(14)20/h3-10,17H,1-2H3,(H,22,27)(H,21,23,25)/t17-/m1/s1. The molecule has 0 bridgehead atoms. The van der Waals surface area contributed by atoms with Gasteiger partial charge in [-0.15, -0.1) is 0 Å². The zero-order valence-electron chi connectivity index (χ0n) is 14.8. The Morgan fingerprint density at radius 1 is 1.15 bits per heavy atom. The van der Waals surface area contributed by atoms with Crippen LogP contribution in [0.15, 0.2) is 59.8 Å². The van der Waals surface area contributed by atoms with Crippen LogP contribution in [0.4, 0.5) is 11.6 Å². The Bertz CT molecular complexity index is 1040. The molecule has 0 spiro atoms. The number of carbonyl (C=O) groups is 1. The van der Waals surface area contributed by atoms with Gasteiger partial charge in [0.05, 0.1) is 5.57 Å². The second-order valence-corrected chi connectivity index (χ2v) is 6.76. The van der Waals surface area contributed by atoms with Gasteiger partial charge in [0.15, 0.2) is 0 Å². The number of anilines is 2. The first-order chi connectivity index (χ1) is 13.0. The van der Waals surface area contributed by atoms with Gasteiger partial charge in [-0.25, -0.2) is 0 Å². The van der Waals surface area contributed by atoms with Crippen LogP contribution in [0.25, 0.3) is 0 Å². The number of nitrogens with one attached hydrogen (secondary N) is 2. The lowest BCUT2D eigenvalue weighted by molar-refractivity contribution is -0.113. The van der Waals surface area contributed by atoms with Crippen molar-refractivity contribution >= 4 is 29.1 Å². The number of hydrogen-bond acceptors (Lipinski definition) is 5. The fourth-order valence-corrected chi connectivity index (χ4v) is 3.37. The second-order valence-electron chi connectivity index (χ2n) is 6.35. The van der Waals surface area contributed by atoms with Crippen LogP contribution >= 0.6 is 11.6 Å². The molecule has 3 aromatic rings. The summed E-state index contributed by atoms with van der Waals surface area (Å²) in [6.07, 6.45) is 0. The third kappa shape index (κ3) is 3.17. The molecule has 1 aliphatic rings. The Balaban J connectivity index is 1.77. The van der Waals surface area contributed by atoms with Crippen LogP contribution in [0.3, 0.4) is 0 Å². The van der Waals surface area contributed by atoms with E-state index in [1.165, 1.54) is 0 Å². The Kier molecular flexibility index (Phi) is 4.37. The highest BCUT2D eigenvalue weighted by molar-refractivity contribution is 6.31. The van der Waals surface area contributed by atoms with Gasteiger partial charge >= 0.3 is 0 Å². The van der Waals surface area contributed by atoms with Crippen molar-refractivity contribution in [2.24, 2.45) is 0 Å². The molecule has 0 saturated carbocycles. The highest BCUT2D eigenvalue weighted by Crippen LogP contribution is 2.37. The SMILES string of the molecule is CC1=C(C(=O)Nc2ccc(C)cc2)[C@@H](c2ccccc2Cl)n2nnnc2N1. The van der Waals surface area contributed by atoms with Crippen LogP contribution in [0.2, 0.25) is 5.02 Å². The normalized spacial score (nSPS) is 15.9. The summed E-state index contributed by atoms with van der Waals surface area (Å²) in [4.78, 5) is 13.2. The summed E-state index contributed by atoms with van der Waals surface area (Å²) in [5.74, 6) is 0.222. The van der Waals surface area contributed by atoms with Crippen LogP contribution in [-0.2, 0) is 4.79 Å². The summed E-state index contributed by atoms with van der Waals surface area (Å²) in [5, 5.41) is 18.4. The number of aryl methyl sites for hydroxylation is 1. The molecule has 136 valence electrons. The largest absolute Gasteiger partial charge is 0.326 e. The minimum atomic E-state index is -0.532. The van der Waals surface area contributed by atoms with E-state index in [0.29, 0.717) is 27.9 Å². The molecule has 0 unspecified atom stereocenters. The van der Waals surface area contributed by atoms with Gasteiger partial charge in [0.1, 0.15) is 6.04 Å². The minimum Gasteiger partial charge on any atom is -0.326 e. The molecule has 0 aliphatic carbocycles. The maximum atomic E-state index is 13.2. The number of rotatable bonds is 3. The van der Waals surface area contributed by atoms with Crippen LogP contribution in [0.1, 0.15) is 24.1 Å². The van der Waals surface area contributed by atoms with Crippen LogP contribution in [-0.4, -0.2) is 26.1 Å². The molecule has 8 heteroatoms. The minimum absolute atomic E-state index is 0.241. The van der Waals surface area contributed by atoms with Crippen LogP contribution in [0, 0.1) is 6.92 Å². The Hall–Kier alpha value is -3.19. The van der Waals surface area contributed by atoms with E-state index in [1.807, 2.05) is 56.3 Å². The van der Waals surface area contributed by atoms with Gasteiger partial charge in [-0.2, -0.15) is 4.68 Å². The van der Waals surface area contributed by atoms with Crippen molar-refractivity contribution in [2.75, 3.05) is 10.6 Å². The molecule has 7 nitrogen and oxygen atoms in total. The van der Waals surface area contributed by atoms with Gasteiger partial charge in [0, 0.05) is 22.0 Å². The van der Waals surface area contributed by atoms with E-state index in [1.54, 1.807) is 10.7 Å². The number of fused-ring (bicyclic) bond motifs is 1. The number of nitrogens with zero attached hydrogens (tertiary/aromatic N) is 4. The van der Waals surface area contributed by atoms with E-state index in [9.17, 15) is 4.79 Å². The molecule has 2 aromatic carbocycles. The highest BCUT2D eigenvalue weighted by Gasteiger charge is 2.35. The maximum absolute atomic E-state index is 13.2. The number of aromatic nitrogens is 4. The topological polar surface area (TPSA) is 84.7 Å². The zero-order chi connectivity index (χ0) is 19.0. The predicted octanol–water partition coefficient (Wildman–Crippen LogP) is 3.56. The number of carbonyl (C=O) groups excluding carboxylic acids is 1. The van der Waals surface area contributed by atoms with Crippen LogP contribution < -0.4 is 10.6 Å². The molecule has 1 aromatic heterocycles. The van der Waals surface area contributed by atoms with Gasteiger partial charge in [-0.05, 0) is 42.5 Å². The highest BCUT2D eigenvalue weighted by atomic mass is 35.5. The lowest BCUT2D eigenvalue weighted by Crippen LogP contribution is -2.31. The Morgan fingerprint density at radius 3 is 2.63 bits per heavy atom. The Labute approximate surface area is 161 Å². The zero-order valence-corrected chi connectivity index (χ0v) is 15.5. The van der Waals surface area contributed by atoms with Crippen molar-refractivity contribution in [3.8, 4) is 0 Å². The van der Waals surface area contributed by atoms with E-state index < -0.39 is 6.04 Å². The molecule has 1 amide bonds. The van der Waals surface area contributed by atoms with Gasteiger partial charge in [0.2, 0.25) is 5.95 Å². The Morgan fingerprint density at radius 2 is 1.89 bits per heavy atom. The molecular formula is C19H17ClN6O. The van der Waals surface area contributed by atoms with E-state index in [2.05, 4.69) is 26.2 Å². The molecule has 1 atom stereocenters. The van der Waals surface area contributed by atoms with Gasteiger partial charge in [-0.3, -0.25) is 4.79 Å². The fraction of sp³-hybridized carbons (Fsp3) is 0.158. The van der Waals surface area contributed by atoms with E-state index in [-0.39, 0.29) is 5.91 Å². The van der Waals surface area contributed by atoms with Crippen molar-refractivity contribution in [1.82, 2.24) is 20.2 Å². The molecule has 1 aliphatic heterocycles. The van der Waals surface area contributed by atoms with E-state index in [4.69, 9.17) is 11.6 Å². The van der Waals surface area contributed by atoms with Crippen molar-refractivity contribution in [3.05, 3.63) is 76.0 Å². The van der Waals surface area contributed by atoms with Gasteiger partial charge < -0.3 is 10.6 Å². The molecule has 2 heterocycles. The van der Waals surface area contributed by atoms with Crippen LogP contribution in [0.5, 0.6) is 0 Å². The fourth-order valence-electron chi connectivity index (χ4n) is 3.13. The molecule has 0 fully saturated rings. The first-order valence-electron chi connectivity index (χ1n) is 8.42. The number of halogens is 1. The van der Waals surface area contributed by atoms with Gasteiger partial charge in [0.25, 0.3) is 5.91 Å². The number of benzene rings is 2. The predicted molar refractivity (Wildman–Crippen MR) is 104 cm³/mol. The summed E-state index contributed by atoms with van der Waals surface area (Å²) < 4.78 is 1.57. The average molecular weight is 381 g/mol. The number of tetrazole rings is 1. The van der Waals surface area contributed by atoms with E-state index in [0.717, 1.165) is 11.1 Å². The molecule has 27 heavy (non-hydrogen) atoms. The quantitative estimate of drug-likeness (QED) is 0.725. The lowest BCUT2D eigenvalue weighted by atomic mass is 9.95. The smallest absolute Gasteiger partial charge is 0.255 e. The number of allylic oxidation sites excluding steroid dienone is 1. The molecule has 0 radical (unpaired) electrons. The molecule has 0 saturated heterocycles. The van der Waals surface area contributed by atoms with Crippen molar-refractivity contribution in [2.45, 2.75) is 19.9 Å². The molecular weight excluding hydrogens is 364 g/mol. The molecule has 4 rings (SSSR count). The third-order valence-corrected chi connectivity index (χ3v) is 4.81. The second kappa shape index (κ2) is 6.85. The summed E-state index contributed by atoms with van der Waals surface area (Å²) in [6.45, 7) is 3.82. The monoisotopic (exact) mass is 380 g/mol. The number of hydrogen-bond donors (Lipinski definition) is 2. The lowest BCUT2D eigenvalue weighted by Gasteiger charge is -2.28. The third-order valence-electron chi connectivity index (χ3n) is 4.47. The summed E-state index contributed by atoms with van der Waals surface area (Å²) >= 11 is 6.43.